The van der Waals surface area contributed by atoms with Crippen LogP contribution in [0.1, 0.15) is 68.2 Å². The van der Waals surface area contributed by atoms with Gasteiger partial charge in [-0.1, -0.05) is 68.2 Å². The van der Waals surface area contributed by atoms with Gasteiger partial charge in [0.05, 0.1) is 0 Å². The van der Waals surface area contributed by atoms with Crippen LogP contribution >= 0.6 is 8.46 Å². The molecular formula is C18H36NO2P. The van der Waals surface area contributed by atoms with Crippen LogP contribution in [-0.4, -0.2) is 29.6 Å². The molecule has 0 heterocycles. The van der Waals surface area contributed by atoms with Crippen molar-refractivity contribution in [2.24, 2.45) is 23.2 Å². The normalized spacial score (nSPS) is 15.4. The lowest BCUT2D eigenvalue weighted by Crippen LogP contribution is -2.48. The van der Waals surface area contributed by atoms with Crippen molar-refractivity contribution in [3.63, 3.8) is 0 Å². The van der Waals surface area contributed by atoms with Crippen LogP contribution in [0.3, 0.4) is 0 Å². The van der Waals surface area contributed by atoms with Gasteiger partial charge in [0.15, 0.2) is 8.46 Å². The maximum atomic E-state index is 13.0. The fraction of sp³-hybridized carbons (Fsp3) is 0.944. The molecule has 0 aromatic carbocycles. The van der Waals surface area contributed by atoms with E-state index in [-0.39, 0.29) is 19.8 Å². The van der Waals surface area contributed by atoms with E-state index in [4.69, 9.17) is 0 Å². The molecule has 0 spiro atoms. The van der Waals surface area contributed by atoms with Gasteiger partial charge in [-0.3, -0.25) is 9.36 Å². The Labute approximate surface area is 139 Å². The average molecular weight is 329 g/mol. The van der Waals surface area contributed by atoms with E-state index in [9.17, 15) is 9.36 Å². The van der Waals surface area contributed by atoms with E-state index in [1.807, 2.05) is 4.90 Å². The van der Waals surface area contributed by atoms with Crippen LogP contribution in [0.25, 0.3) is 0 Å². The van der Waals surface area contributed by atoms with Crippen molar-refractivity contribution in [1.82, 2.24) is 4.90 Å². The Kier molecular flexibility index (Phi) is 9.46. The molecule has 2 unspecified atom stereocenters. The molecule has 0 radical (unpaired) electrons. The maximum Gasteiger partial charge on any atom is 0.237 e. The lowest BCUT2D eigenvalue weighted by molar-refractivity contribution is -0.134. The second-order valence-electron chi connectivity index (χ2n) is 8.05. The van der Waals surface area contributed by atoms with Gasteiger partial charge in [0.1, 0.15) is 5.66 Å². The SMILES string of the molecule is CCCC(C)C(C)(C)C(P=O)C(=O)N(CC(C)C)CC(C)C. The highest BCUT2D eigenvalue weighted by Gasteiger charge is 2.41. The third-order valence-electron chi connectivity index (χ3n) is 4.52. The quantitative estimate of drug-likeness (QED) is 0.513. The van der Waals surface area contributed by atoms with Crippen molar-refractivity contribution in [2.45, 2.75) is 73.9 Å². The zero-order valence-electron chi connectivity index (χ0n) is 15.8. The van der Waals surface area contributed by atoms with Crippen LogP contribution in [0.4, 0.5) is 0 Å². The first-order valence-electron chi connectivity index (χ1n) is 8.69. The van der Waals surface area contributed by atoms with Gasteiger partial charge in [0.25, 0.3) is 0 Å². The first kappa shape index (κ1) is 21.6. The van der Waals surface area contributed by atoms with Gasteiger partial charge in [-0.2, -0.15) is 0 Å². The fourth-order valence-electron chi connectivity index (χ4n) is 2.88. The van der Waals surface area contributed by atoms with Gasteiger partial charge in [-0.15, -0.1) is 0 Å². The molecule has 0 N–H and O–H groups in total. The van der Waals surface area contributed by atoms with E-state index in [1.165, 1.54) is 0 Å². The molecule has 130 valence electrons. The van der Waals surface area contributed by atoms with Gasteiger partial charge in [0, 0.05) is 13.1 Å². The molecule has 0 rings (SSSR count). The van der Waals surface area contributed by atoms with Crippen LogP contribution in [0.5, 0.6) is 0 Å². The van der Waals surface area contributed by atoms with Crippen molar-refractivity contribution in [2.75, 3.05) is 13.1 Å². The van der Waals surface area contributed by atoms with E-state index in [0.717, 1.165) is 25.9 Å². The lowest BCUT2D eigenvalue weighted by atomic mass is 9.74. The molecule has 22 heavy (non-hydrogen) atoms. The Balaban J connectivity index is 5.31. The minimum Gasteiger partial charge on any atom is -0.341 e. The summed E-state index contributed by atoms with van der Waals surface area (Å²) in [6, 6.07) is 0. The van der Waals surface area contributed by atoms with Crippen molar-refractivity contribution < 1.29 is 9.36 Å². The molecule has 0 aromatic rings. The van der Waals surface area contributed by atoms with Crippen molar-refractivity contribution in [1.29, 1.82) is 0 Å². The molecule has 0 aliphatic rings. The van der Waals surface area contributed by atoms with E-state index in [2.05, 4.69) is 55.4 Å². The van der Waals surface area contributed by atoms with Crippen LogP contribution in [-0.2, 0) is 9.36 Å². The Morgan fingerprint density at radius 3 is 1.82 bits per heavy atom. The minimum absolute atomic E-state index is 0.0482. The Bertz CT molecular complexity index is 343. The molecule has 0 aromatic heterocycles. The predicted octanol–water partition coefficient (Wildman–Crippen LogP) is 5.25. The molecule has 3 nitrogen and oxygen atoms in total. The van der Waals surface area contributed by atoms with Crippen LogP contribution in [0.15, 0.2) is 0 Å². The predicted molar refractivity (Wildman–Crippen MR) is 95.5 cm³/mol. The average Bonchev–Trinajstić information content (AvgIpc) is 2.37. The number of rotatable bonds is 10. The lowest BCUT2D eigenvalue weighted by Gasteiger charge is -2.38. The molecule has 0 saturated heterocycles. The summed E-state index contributed by atoms with van der Waals surface area (Å²) in [4.78, 5) is 14.9. The largest absolute Gasteiger partial charge is 0.341 e. The molecule has 0 aliphatic carbocycles. The van der Waals surface area contributed by atoms with Crippen LogP contribution in [0, 0.1) is 23.2 Å². The topological polar surface area (TPSA) is 37.4 Å². The van der Waals surface area contributed by atoms with E-state index < -0.39 is 5.66 Å². The third-order valence-corrected chi connectivity index (χ3v) is 5.62. The summed E-state index contributed by atoms with van der Waals surface area (Å²) in [6.45, 7) is 18.5. The molecule has 2 atom stereocenters. The summed E-state index contributed by atoms with van der Waals surface area (Å²) >= 11 is 0. The summed E-state index contributed by atoms with van der Waals surface area (Å²) < 4.78 is 11.8. The number of carbonyl (C=O) groups excluding carboxylic acids is 1. The van der Waals surface area contributed by atoms with Gasteiger partial charge < -0.3 is 4.90 Å². The number of amides is 1. The van der Waals surface area contributed by atoms with E-state index in [1.54, 1.807) is 0 Å². The zero-order valence-corrected chi connectivity index (χ0v) is 16.7. The summed E-state index contributed by atoms with van der Waals surface area (Å²) in [5, 5.41) is 0. The smallest absolute Gasteiger partial charge is 0.237 e. The highest BCUT2D eigenvalue weighted by Crippen LogP contribution is 2.40. The molecule has 4 heteroatoms. The van der Waals surface area contributed by atoms with Crippen molar-refractivity contribution in [3.05, 3.63) is 0 Å². The Hall–Kier alpha value is -0.430. The second-order valence-corrected chi connectivity index (χ2v) is 8.78. The maximum absolute atomic E-state index is 13.0. The van der Waals surface area contributed by atoms with Gasteiger partial charge in [-0.05, 0) is 23.2 Å². The molecule has 0 fully saturated rings. The number of carbonyl (C=O) groups is 1. The molecule has 0 bridgehead atoms. The summed E-state index contributed by atoms with van der Waals surface area (Å²) in [6.07, 6.45) is 2.14. The zero-order chi connectivity index (χ0) is 17.5. The molecular weight excluding hydrogens is 293 g/mol. The minimum atomic E-state index is -0.452. The number of nitrogens with zero attached hydrogens (tertiary/aromatic N) is 1. The molecule has 0 aliphatic heterocycles. The summed E-state index contributed by atoms with van der Waals surface area (Å²) in [7, 11) is -0.0485. The first-order valence-corrected chi connectivity index (χ1v) is 9.57. The first-order chi connectivity index (χ1) is 10.1. The highest BCUT2D eigenvalue weighted by atomic mass is 31.1. The van der Waals surface area contributed by atoms with E-state index in [0.29, 0.717) is 17.8 Å². The van der Waals surface area contributed by atoms with Crippen LogP contribution in [0.2, 0.25) is 0 Å². The Morgan fingerprint density at radius 2 is 1.50 bits per heavy atom. The Morgan fingerprint density at radius 1 is 1.05 bits per heavy atom. The number of hydrogen-bond donors (Lipinski definition) is 0. The van der Waals surface area contributed by atoms with Gasteiger partial charge >= 0.3 is 0 Å². The standard InChI is InChI=1S/C18H36NO2P/c1-9-10-15(6)18(7,8)16(22-21)17(20)19(11-13(2)3)12-14(4)5/h13-16H,9-12H2,1-8H3. The van der Waals surface area contributed by atoms with Crippen molar-refractivity contribution in [3.8, 4) is 0 Å². The third kappa shape index (κ3) is 6.36. The van der Waals surface area contributed by atoms with Gasteiger partial charge in [-0.25, -0.2) is 0 Å². The summed E-state index contributed by atoms with van der Waals surface area (Å²) in [5.41, 5.74) is -0.714. The second kappa shape index (κ2) is 9.65. The molecule has 1 amide bonds. The van der Waals surface area contributed by atoms with E-state index >= 15 is 0 Å². The highest BCUT2D eigenvalue weighted by molar-refractivity contribution is 7.26. The van der Waals surface area contributed by atoms with Gasteiger partial charge in [0.2, 0.25) is 5.91 Å². The number of hydrogen-bond acceptors (Lipinski definition) is 2. The summed E-state index contributed by atoms with van der Waals surface area (Å²) in [5.74, 6) is 1.26. The fourth-order valence-corrected chi connectivity index (χ4v) is 3.66. The van der Waals surface area contributed by atoms with Crippen LogP contribution < -0.4 is 0 Å². The monoisotopic (exact) mass is 329 g/mol. The molecule has 0 saturated carbocycles. The van der Waals surface area contributed by atoms with Crippen molar-refractivity contribution >= 4 is 14.4 Å².